The van der Waals surface area contributed by atoms with Gasteiger partial charge in [0.1, 0.15) is 6.10 Å². The van der Waals surface area contributed by atoms with Crippen molar-refractivity contribution in [2.45, 2.75) is 12.7 Å². The van der Waals surface area contributed by atoms with Crippen molar-refractivity contribution in [1.82, 2.24) is 14.9 Å². The van der Waals surface area contributed by atoms with Crippen LogP contribution in [0.15, 0.2) is 36.8 Å². The van der Waals surface area contributed by atoms with Crippen LogP contribution in [0.3, 0.4) is 0 Å². The standard InChI is InChI=1S/C15H19N3O2/c1-19-10-12-4-2-3-5-13(12)18-11-17-8-14(18)15-9-16-6-7-20-15/h2-5,8,11,15-16H,6-7,9-10H2,1H3. The Labute approximate surface area is 118 Å². The van der Waals surface area contributed by atoms with Gasteiger partial charge in [-0.2, -0.15) is 0 Å². The highest BCUT2D eigenvalue weighted by Gasteiger charge is 2.20. The molecular weight excluding hydrogens is 254 g/mol. The Balaban J connectivity index is 1.96. The minimum atomic E-state index is 0.0434. The minimum Gasteiger partial charge on any atom is -0.380 e. The van der Waals surface area contributed by atoms with Crippen LogP contribution >= 0.6 is 0 Å². The van der Waals surface area contributed by atoms with Crippen molar-refractivity contribution < 1.29 is 9.47 Å². The van der Waals surface area contributed by atoms with Crippen LogP contribution in [0.25, 0.3) is 5.69 Å². The molecule has 2 aromatic rings. The van der Waals surface area contributed by atoms with E-state index in [1.807, 2.05) is 24.7 Å². The van der Waals surface area contributed by atoms with E-state index in [9.17, 15) is 0 Å². The Hall–Kier alpha value is -1.69. The van der Waals surface area contributed by atoms with Crippen LogP contribution in [-0.4, -0.2) is 36.4 Å². The highest BCUT2D eigenvalue weighted by atomic mass is 16.5. The molecular formula is C15H19N3O2. The average molecular weight is 273 g/mol. The van der Waals surface area contributed by atoms with E-state index in [1.54, 1.807) is 7.11 Å². The Morgan fingerprint density at radius 1 is 1.45 bits per heavy atom. The van der Waals surface area contributed by atoms with Gasteiger partial charge in [0.2, 0.25) is 0 Å². The lowest BCUT2D eigenvalue weighted by Gasteiger charge is -2.25. The second-order valence-corrected chi connectivity index (χ2v) is 4.81. The summed E-state index contributed by atoms with van der Waals surface area (Å²) in [6, 6.07) is 8.20. The van der Waals surface area contributed by atoms with Crippen LogP contribution in [0.5, 0.6) is 0 Å². The molecule has 1 fully saturated rings. The Kier molecular flexibility index (Phi) is 4.11. The molecule has 3 rings (SSSR count). The summed E-state index contributed by atoms with van der Waals surface area (Å²) >= 11 is 0. The molecule has 1 saturated heterocycles. The van der Waals surface area contributed by atoms with Gasteiger partial charge in [0.15, 0.2) is 0 Å². The van der Waals surface area contributed by atoms with E-state index in [4.69, 9.17) is 9.47 Å². The number of nitrogens with one attached hydrogen (secondary N) is 1. The normalized spacial score (nSPS) is 19.1. The largest absolute Gasteiger partial charge is 0.380 e. The average Bonchev–Trinajstić information content (AvgIpc) is 2.98. The van der Waals surface area contributed by atoms with Crippen molar-refractivity contribution in [1.29, 1.82) is 0 Å². The van der Waals surface area contributed by atoms with Crippen LogP contribution in [0.2, 0.25) is 0 Å². The zero-order chi connectivity index (χ0) is 13.8. The molecule has 1 aromatic heterocycles. The maximum atomic E-state index is 5.83. The number of ether oxygens (including phenoxy) is 2. The third kappa shape index (κ3) is 2.60. The second kappa shape index (κ2) is 6.17. The van der Waals surface area contributed by atoms with Crippen LogP contribution in [0.4, 0.5) is 0 Å². The Morgan fingerprint density at radius 3 is 3.15 bits per heavy atom. The highest BCUT2D eigenvalue weighted by molar-refractivity contribution is 5.42. The van der Waals surface area contributed by atoms with E-state index in [1.165, 1.54) is 0 Å². The van der Waals surface area contributed by atoms with E-state index >= 15 is 0 Å². The summed E-state index contributed by atoms with van der Waals surface area (Å²) in [7, 11) is 1.71. The van der Waals surface area contributed by atoms with Crippen molar-refractivity contribution in [3.05, 3.63) is 48.0 Å². The van der Waals surface area contributed by atoms with E-state index in [0.29, 0.717) is 6.61 Å². The number of nitrogens with zero attached hydrogens (tertiary/aromatic N) is 2. The number of methoxy groups -OCH3 is 1. The van der Waals surface area contributed by atoms with Crippen LogP contribution in [0, 0.1) is 0 Å². The molecule has 0 aliphatic carbocycles. The zero-order valence-corrected chi connectivity index (χ0v) is 11.6. The smallest absolute Gasteiger partial charge is 0.112 e. The number of benzene rings is 1. The summed E-state index contributed by atoms with van der Waals surface area (Å²) < 4.78 is 13.2. The van der Waals surface area contributed by atoms with E-state index in [-0.39, 0.29) is 6.10 Å². The highest BCUT2D eigenvalue weighted by Crippen LogP contribution is 2.24. The number of rotatable bonds is 4. The Bertz CT molecular complexity index is 562. The first-order chi connectivity index (χ1) is 9.90. The topological polar surface area (TPSA) is 48.3 Å². The summed E-state index contributed by atoms with van der Waals surface area (Å²) in [5, 5.41) is 3.35. The monoisotopic (exact) mass is 273 g/mol. The van der Waals surface area contributed by atoms with Gasteiger partial charge in [-0.3, -0.25) is 0 Å². The van der Waals surface area contributed by atoms with Crippen molar-refractivity contribution in [2.24, 2.45) is 0 Å². The third-order valence-electron chi connectivity index (χ3n) is 3.48. The van der Waals surface area contributed by atoms with Gasteiger partial charge in [-0.05, 0) is 6.07 Å². The van der Waals surface area contributed by atoms with Crippen LogP contribution in [0.1, 0.15) is 17.4 Å². The van der Waals surface area contributed by atoms with Gasteiger partial charge in [0.05, 0.1) is 37.1 Å². The fourth-order valence-corrected chi connectivity index (χ4v) is 2.52. The van der Waals surface area contributed by atoms with Gasteiger partial charge in [0, 0.05) is 25.8 Å². The predicted molar refractivity (Wildman–Crippen MR) is 75.8 cm³/mol. The lowest BCUT2D eigenvalue weighted by molar-refractivity contribution is 0.0240. The van der Waals surface area contributed by atoms with E-state index < -0.39 is 0 Å². The molecule has 1 aromatic carbocycles. The predicted octanol–water partition coefficient (Wildman–Crippen LogP) is 1.68. The number of para-hydroxylation sites is 1. The summed E-state index contributed by atoms with van der Waals surface area (Å²) in [6.07, 6.45) is 3.75. The zero-order valence-electron chi connectivity index (χ0n) is 11.6. The molecule has 20 heavy (non-hydrogen) atoms. The molecule has 2 heterocycles. The molecule has 1 aliphatic rings. The third-order valence-corrected chi connectivity index (χ3v) is 3.48. The van der Waals surface area contributed by atoms with Crippen LogP contribution < -0.4 is 5.32 Å². The molecule has 106 valence electrons. The maximum Gasteiger partial charge on any atom is 0.112 e. The number of morpholine rings is 1. The van der Waals surface area contributed by atoms with Crippen molar-refractivity contribution in [2.75, 3.05) is 26.8 Å². The Morgan fingerprint density at radius 2 is 2.35 bits per heavy atom. The fourth-order valence-electron chi connectivity index (χ4n) is 2.52. The van der Waals surface area contributed by atoms with Crippen molar-refractivity contribution in [3.63, 3.8) is 0 Å². The summed E-state index contributed by atoms with van der Waals surface area (Å²) in [6.45, 7) is 3.04. The summed E-state index contributed by atoms with van der Waals surface area (Å²) in [4.78, 5) is 4.29. The SMILES string of the molecule is COCc1ccccc1-n1cncc1C1CNCCO1. The van der Waals surface area contributed by atoms with Crippen molar-refractivity contribution in [3.8, 4) is 5.69 Å². The summed E-state index contributed by atoms with van der Waals surface area (Å²) in [5.41, 5.74) is 3.30. The molecule has 0 amide bonds. The van der Waals surface area contributed by atoms with E-state index in [0.717, 1.165) is 36.6 Å². The second-order valence-electron chi connectivity index (χ2n) is 4.81. The van der Waals surface area contributed by atoms with Gasteiger partial charge in [0.25, 0.3) is 0 Å². The van der Waals surface area contributed by atoms with Crippen molar-refractivity contribution >= 4 is 0 Å². The molecule has 0 spiro atoms. The van der Waals surface area contributed by atoms with Crippen LogP contribution in [-0.2, 0) is 16.1 Å². The number of aromatic nitrogens is 2. The lowest BCUT2D eigenvalue weighted by Crippen LogP contribution is -2.34. The lowest BCUT2D eigenvalue weighted by atomic mass is 10.1. The molecule has 5 nitrogen and oxygen atoms in total. The molecule has 1 atom stereocenters. The van der Waals surface area contributed by atoms with Gasteiger partial charge in [-0.15, -0.1) is 0 Å². The fraction of sp³-hybridized carbons (Fsp3) is 0.400. The number of imidazole rings is 1. The van der Waals surface area contributed by atoms with Gasteiger partial charge >= 0.3 is 0 Å². The molecule has 1 N–H and O–H groups in total. The molecule has 0 radical (unpaired) electrons. The number of hydrogen-bond donors (Lipinski definition) is 1. The van der Waals surface area contributed by atoms with E-state index in [2.05, 4.69) is 27.0 Å². The first-order valence-corrected chi connectivity index (χ1v) is 6.82. The molecule has 0 bridgehead atoms. The molecule has 1 unspecified atom stereocenters. The molecule has 0 saturated carbocycles. The quantitative estimate of drug-likeness (QED) is 0.920. The first kappa shape index (κ1) is 13.3. The molecule has 1 aliphatic heterocycles. The maximum absolute atomic E-state index is 5.83. The van der Waals surface area contributed by atoms with Gasteiger partial charge < -0.3 is 19.4 Å². The van der Waals surface area contributed by atoms with Gasteiger partial charge in [-0.1, -0.05) is 18.2 Å². The molecule has 5 heteroatoms. The summed E-state index contributed by atoms with van der Waals surface area (Å²) in [5.74, 6) is 0. The minimum absolute atomic E-state index is 0.0434. The first-order valence-electron chi connectivity index (χ1n) is 6.82. The van der Waals surface area contributed by atoms with Gasteiger partial charge in [-0.25, -0.2) is 4.98 Å². The number of hydrogen-bond acceptors (Lipinski definition) is 4.